The first kappa shape index (κ1) is 35.2. The number of carbonyl (C=O) groups excluding carboxylic acids is 3. The van der Waals surface area contributed by atoms with Gasteiger partial charge in [-0.3, -0.25) is 14.6 Å². The van der Waals surface area contributed by atoms with Crippen molar-refractivity contribution in [3.8, 4) is 0 Å². The van der Waals surface area contributed by atoms with Crippen molar-refractivity contribution in [2.45, 2.75) is 129 Å². The molecule has 0 saturated carbocycles. The van der Waals surface area contributed by atoms with E-state index < -0.39 is 24.0 Å². The van der Waals surface area contributed by atoms with Crippen molar-refractivity contribution in [2.24, 2.45) is 16.5 Å². The van der Waals surface area contributed by atoms with Gasteiger partial charge in [-0.05, 0) is 32.6 Å². The highest BCUT2D eigenvalue weighted by Gasteiger charge is 2.26. The number of carboxylic acids is 1. The van der Waals surface area contributed by atoms with Gasteiger partial charge in [0.15, 0.2) is 5.96 Å². The van der Waals surface area contributed by atoms with E-state index in [0.717, 1.165) is 12.8 Å². The fourth-order valence-electron chi connectivity index (χ4n) is 4.01. The third-order valence-corrected chi connectivity index (χ3v) is 6.15. The van der Waals surface area contributed by atoms with Crippen LogP contribution >= 0.6 is 0 Å². The van der Waals surface area contributed by atoms with Gasteiger partial charge in [0.2, 0.25) is 11.8 Å². The highest BCUT2D eigenvalue weighted by Crippen LogP contribution is 2.12. The first-order valence-electron chi connectivity index (χ1n) is 14.2. The molecule has 0 radical (unpaired) electrons. The first-order chi connectivity index (χ1) is 18.2. The zero-order valence-electron chi connectivity index (χ0n) is 23.5. The molecule has 38 heavy (non-hydrogen) atoms. The maximum Gasteiger partial charge on any atom is 0.328 e. The van der Waals surface area contributed by atoms with Gasteiger partial charge in [-0.15, -0.1) is 0 Å². The molecule has 1 heterocycles. The van der Waals surface area contributed by atoms with Crippen molar-refractivity contribution >= 4 is 29.7 Å². The quantitative estimate of drug-likeness (QED) is 0.0673. The summed E-state index contributed by atoms with van der Waals surface area (Å²) in [5.74, 6) is -1.58. The molecule has 0 aromatic carbocycles. The van der Waals surface area contributed by atoms with Crippen LogP contribution in [0.3, 0.4) is 0 Å². The van der Waals surface area contributed by atoms with Gasteiger partial charge in [-0.1, -0.05) is 71.1 Å². The van der Waals surface area contributed by atoms with Gasteiger partial charge in [0.25, 0.3) is 0 Å². The summed E-state index contributed by atoms with van der Waals surface area (Å²) in [6.45, 7) is 4.71. The topological polar surface area (TPSA) is 186 Å². The van der Waals surface area contributed by atoms with Crippen molar-refractivity contribution in [1.82, 2.24) is 10.6 Å². The van der Waals surface area contributed by atoms with Crippen LogP contribution in [0.5, 0.6) is 0 Å². The van der Waals surface area contributed by atoms with Crippen LogP contribution in [0.1, 0.15) is 117 Å². The Morgan fingerprint density at radius 1 is 1.00 bits per heavy atom. The number of hydrogen-bond donors (Lipinski definition) is 5. The van der Waals surface area contributed by atoms with Crippen molar-refractivity contribution in [3.05, 3.63) is 0 Å². The number of rotatable bonds is 20. The molecule has 2 amide bonds. The second-order valence-corrected chi connectivity index (χ2v) is 9.60. The number of nitrogens with one attached hydrogen (secondary N) is 2. The highest BCUT2D eigenvalue weighted by molar-refractivity contribution is 5.87. The lowest BCUT2D eigenvalue weighted by atomic mass is 10.0. The number of ether oxygens (including phenoxy) is 1. The Labute approximate surface area is 227 Å². The van der Waals surface area contributed by atoms with Crippen LogP contribution in [0.15, 0.2) is 4.99 Å². The number of guanidine groups is 1. The van der Waals surface area contributed by atoms with Gasteiger partial charge in [0.05, 0.1) is 6.61 Å². The molecule has 0 bridgehead atoms. The lowest BCUT2D eigenvalue weighted by Crippen LogP contribution is -2.42. The van der Waals surface area contributed by atoms with Crippen LogP contribution in [0, 0.1) is 0 Å². The van der Waals surface area contributed by atoms with Crippen molar-refractivity contribution in [3.63, 3.8) is 0 Å². The fraction of sp³-hybridized carbons (Fsp3) is 0.815. The summed E-state index contributed by atoms with van der Waals surface area (Å²) in [5.41, 5.74) is 10.6. The highest BCUT2D eigenvalue weighted by atomic mass is 16.5. The standard InChI is InChI=1S/C22H44N4O3.C5H7NO3/c1-3-5-6-7-8-9-10-11-12-13-14-17-20(27)26-19(21(28)29-4-2)16-15-18-25-22(23)24;7-4-2-1-3(6-4)5(8)9/h19H,3-18H2,1-2H3,(H,26,27)(H4,23,24,25);3H,1-2H2,(H,6,7)(H,8,9)/t19-;/m0./s1. The Balaban J connectivity index is 0.00000127. The molecule has 1 fully saturated rings. The summed E-state index contributed by atoms with van der Waals surface area (Å²) in [6.07, 6.45) is 15.9. The summed E-state index contributed by atoms with van der Waals surface area (Å²) >= 11 is 0. The van der Waals surface area contributed by atoms with E-state index in [9.17, 15) is 19.2 Å². The largest absolute Gasteiger partial charge is 0.480 e. The number of esters is 1. The average molecular weight is 542 g/mol. The summed E-state index contributed by atoms with van der Waals surface area (Å²) in [6, 6.07) is -1.28. The summed E-state index contributed by atoms with van der Waals surface area (Å²) in [7, 11) is 0. The van der Waals surface area contributed by atoms with Gasteiger partial charge in [0, 0.05) is 19.4 Å². The van der Waals surface area contributed by atoms with E-state index in [1.165, 1.54) is 57.8 Å². The molecule has 7 N–H and O–H groups in total. The minimum absolute atomic E-state index is 0.0261. The average Bonchev–Trinajstić information content (AvgIpc) is 3.31. The number of amides is 2. The van der Waals surface area contributed by atoms with Crippen LogP contribution in [0.4, 0.5) is 0 Å². The molecule has 2 atom stereocenters. The van der Waals surface area contributed by atoms with E-state index in [4.69, 9.17) is 21.3 Å². The molecule has 1 saturated heterocycles. The molecule has 1 unspecified atom stereocenters. The predicted molar refractivity (Wildman–Crippen MR) is 148 cm³/mol. The number of aliphatic imine (C=N–C) groups is 1. The van der Waals surface area contributed by atoms with Gasteiger partial charge < -0.3 is 31.9 Å². The Bertz CT molecular complexity index is 712. The number of unbranched alkanes of at least 4 members (excludes halogenated alkanes) is 10. The molecule has 11 heteroatoms. The fourth-order valence-corrected chi connectivity index (χ4v) is 4.01. The Hall–Kier alpha value is -2.85. The third kappa shape index (κ3) is 20.2. The van der Waals surface area contributed by atoms with E-state index in [1.807, 2.05) is 0 Å². The molecular formula is C27H51N5O6. The minimum Gasteiger partial charge on any atom is -0.480 e. The van der Waals surface area contributed by atoms with E-state index in [-0.39, 0.29) is 24.4 Å². The second kappa shape index (κ2) is 23.3. The van der Waals surface area contributed by atoms with E-state index in [0.29, 0.717) is 38.6 Å². The smallest absolute Gasteiger partial charge is 0.328 e. The zero-order valence-corrected chi connectivity index (χ0v) is 23.5. The number of nitrogens with zero attached hydrogens (tertiary/aromatic N) is 1. The SMILES string of the molecule is CCCCCCCCCCCCCC(=O)N[C@@H](CCCN=C(N)N)C(=O)OCC.O=C1CCC(C(=O)O)N1. The molecule has 0 aromatic rings. The van der Waals surface area contributed by atoms with Gasteiger partial charge >= 0.3 is 11.9 Å². The van der Waals surface area contributed by atoms with E-state index >= 15 is 0 Å². The van der Waals surface area contributed by atoms with Crippen LogP contribution in [-0.2, 0) is 23.9 Å². The Morgan fingerprint density at radius 3 is 2.03 bits per heavy atom. The summed E-state index contributed by atoms with van der Waals surface area (Å²) in [5, 5.41) is 13.4. The number of carbonyl (C=O) groups is 4. The van der Waals surface area contributed by atoms with Gasteiger partial charge in [-0.25, -0.2) is 9.59 Å². The molecule has 220 valence electrons. The number of carboxylic acid groups (broad SMARTS) is 1. The lowest BCUT2D eigenvalue weighted by molar-refractivity contribution is -0.147. The second-order valence-electron chi connectivity index (χ2n) is 9.60. The number of aliphatic carboxylic acids is 1. The number of nitrogens with two attached hydrogens (primary N) is 2. The van der Waals surface area contributed by atoms with Crippen LogP contribution in [0.25, 0.3) is 0 Å². The van der Waals surface area contributed by atoms with E-state index in [1.54, 1.807) is 6.92 Å². The summed E-state index contributed by atoms with van der Waals surface area (Å²) < 4.78 is 5.06. The molecule has 0 aliphatic carbocycles. The normalized spacial score (nSPS) is 15.0. The maximum absolute atomic E-state index is 12.2. The van der Waals surface area contributed by atoms with Crippen molar-refractivity contribution in [1.29, 1.82) is 0 Å². The molecule has 11 nitrogen and oxygen atoms in total. The Morgan fingerprint density at radius 2 is 1.58 bits per heavy atom. The van der Waals surface area contributed by atoms with Crippen molar-refractivity contribution < 1.29 is 29.0 Å². The zero-order chi connectivity index (χ0) is 28.6. The van der Waals surface area contributed by atoms with Gasteiger partial charge in [0.1, 0.15) is 12.1 Å². The third-order valence-electron chi connectivity index (χ3n) is 6.15. The summed E-state index contributed by atoms with van der Waals surface area (Å²) in [4.78, 5) is 48.6. The number of hydrogen-bond acceptors (Lipinski definition) is 6. The first-order valence-corrected chi connectivity index (χ1v) is 14.2. The molecule has 1 rings (SSSR count). The predicted octanol–water partition coefficient (Wildman–Crippen LogP) is 3.14. The minimum atomic E-state index is -0.944. The van der Waals surface area contributed by atoms with Crippen molar-refractivity contribution in [2.75, 3.05) is 13.2 Å². The monoisotopic (exact) mass is 541 g/mol. The maximum atomic E-state index is 12.2. The molecule has 0 spiro atoms. The Kier molecular flexibility index (Phi) is 21.5. The molecule has 1 aliphatic rings. The molecule has 0 aromatic heterocycles. The van der Waals surface area contributed by atoms with Crippen LogP contribution < -0.4 is 22.1 Å². The van der Waals surface area contributed by atoms with E-state index in [2.05, 4.69) is 22.5 Å². The van der Waals surface area contributed by atoms with Gasteiger partial charge in [-0.2, -0.15) is 0 Å². The molecule has 1 aliphatic heterocycles. The van der Waals surface area contributed by atoms with Crippen LogP contribution in [-0.4, -0.2) is 60.1 Å². The lowest BCUT2D eigenvalue weighted by Gasteiger charge is -2.17. The molecular weight excluding hydrogens is 490 g/mol. The van der Waals surface area contributed by atoms with Crippen LogP contribution in [0.2, 0.25) is 0 Å².